The summed E-state index contributed by atoms with van der Waals surface area (Å²) in [6, 6.07) is 5.48. The molecule has 1 aromatic carbocycles. The Morgan fingerprint density at radius 3 is 2.60 bits per heavy atom. The van der Waals surface area contributed by atoms with Crippen LogP contribution < -0.4 is 5.32 Å². The molecule has 2 heterocycles. The highest BCUT2D eigenvalue weighted by Crippen LogP contribution is 2.27. The number of benzene rings is 1. The van der Waals surface area contributed by atoms with Gasteiger partial charge in [0.2, 0.25) is 5.91 Å². The molecule has 1 saturated heterocycles. The molecule has 1 atom stereocenters. The molecule has 3 rings (SSSR count). The third-order valence-corrected chi connectivity index (χ3v) is 4.71. The number of rotatable bonds is 4. The summed E-state index contributed by atoms with van der Waals surface area (Å²) >= 11 is 0. The Morgan fingerprint density at radius 2 is 1.97 bits per heavy atom. The Balaban J connectivity index is 1.80. The van der Waals surface area contributed by atoms with E-state index in [1.54, 1.807) is 18.2 Å². The van der Waals surface area contributed by atoms with Gasteiger partial charge in [-0.25, -0.2) is 0 Å². The average Bonchev–Trinajstić information content (AvgIpc) is 3.14. The predicted molar refractivity (Wildman–Crippen MR) is 102 cm³/mol. The lowest BCUT2D eigenvalue weighted by molar-refractivity contribution is -0.164. The molecule has 1 fully saturated rings. The largest absolute Gasteiger partial charge is 0.406 e. The molecule has 0 bridgehead atoms. The van der Waals surface area contributed by atoms with Crippen LogP contribution in [0.2, 0.25) is 0 Å². The van der Waals surface area contributed by atoms with Crippen LogP contribution in [-0.2, 0) is 10.2 Å². The molecule has 162 valence electrons. The van der Waals surface area contributed by atoms with Crippen molar-refractivity contribution in [2.24, 2.45) is 0 Å². The summed E-state index contributed by atoms with van der Waals surface area (Å²) in [7, 11) is 0. The first-order chi connectivity index (χ1) is 14.0. The van der Waals surface area contributed by atoms with Gasteiger partial charge in [0.1, 0.15) is 12.6 Å². The number of nitrogens with one attached hydrogen (secondary N) is 1. The lowest BCUT2D eigenvalue weighted by Crippen LogP contribution is -2.54. The van der Waals surface area contributed by atoms with Crippen LogP contribution in [0, 0.1) is 0 Å². The van der Waals surface area contributed by atoms with E-state index in [9.17, 15) is 22.8 Å². The third kappa shape index (κ3) is 4.98. The van der Waals surface area contributed by atoms with Crippen molar-refractivity contribution >= 4 is 11.8 Å². The van der Waals surface area contributed by atoms with Gasteiger partial charge in [0, 0.05) is 12.0 Å². The number of aromatic nitrogens is 2. The molecule has 2 aromatic rings. The first-order valence-corrected chi connectivity index (χ1v) is 9.56. The summed E-state index contributed by atoms with van der Waals surface area (Å²) in [6.07, 6.45) is -3.85. The molecule has 30 heavy (non-hydrogen) atoms. The van der Waals surface area contributed by atoms with Crippen molar-refractivity contribution in [2.75, 3.05) is 13.1 Å². The maximum absolute atomic E-state index is 12.9. The molecule has 0 aliphatic carbocycles. The second-order valence-corrected chi connectivity index (χ2v) is 8.26. The van der Waals surface area contributed by atoms with Crippen LogP contribution in [0.4, 0.5) is 13.2 Å². The number of alkyl halides is 3. The van der Waals surface area contributed by atoms with E-state index in [-0.39, 0.29) is 29.8 Å². The van der Waals surface area contributed by atoms with E-state index in [0.29, 0.717) is 17.8 Å². The average molecular weight is 424 g/mol. The maximum Gasteiger partial charge on any atom is 0.406 e. The van der Waals surface area contributed by atoms with Crippen molar-refractivity contribution in [3.63, 3.8) is 0 Å². The zero-order valence-electron chi connectivity index (χ0n) is 16.9. The van der Waals surface area contributed by atoms with E-state index in [4.69, 9.17) is 4.52 Å². The monoisotopic (exact) mass is 424 g/mol. The lowest BCUT2D eigenvalue weighted by Gasteiger charge is -2.33. The van der Waals surface area contributed by atoms with Gasteiger partial charge < -0.3 is 14.7 Å². The van der Waals surface area contributed by atoms with Crippen molar-refractivity contribution in [1.82, 2.24) is 20.4 Å². The molecule has 2 amide bonds. The number of piperidine rings is 1. The van der Waals surface area contributed by atoms with Gasteiger partial charge >= 0.3 is 6.18 Å². The van der Waals surface area contributed by atoms with Gasteiger partial charge in [-0.3, -0.25) is 9.59 Å². The minimum Gasteiger partial charge on any atom is -0.340 e. The lowest BCUT2D eigenvalue weighted by atomic mass is 9.96. The van der Waals surface area contributed by atoms with E-state index in [2.05, 4.69) is 15.5 Å². The number of hydrogen-bond donors (Lipinski definition) is 1. The zero-order valence-corrected chi connectivity index (χ0v) is 16.9. The van der Waals surface area contributed by atoms with Crippen LogP contribution in [-0.4, -0.2) is 52.2 Å². The van der Waals surface area contributed by atoms with Gasteiger partial charge in [-0.15, -0.1) is 0 Å². The van der Waals surface area contributed by atoms with Crippen molar-refractivity contribution in [2.45, 2.75) is 51.2 Å². The second-order valence-electron chi connectivity index (χ2n) is 8.26. The number of carbonyl (C=O) groups is 2. The standard InChI is InChI=1S/C20H23F3N4O3/c1-19(2,3)18-25-16(30-26-18)13-8-5-4-7-12(13)15(28)24-14-9-6-10-27(17(14)29)11-20(21,22)23/h4-5,7-8,14H,6,9-11H2,1-3H3,(H,24,28). The molecule has 1 aromatic heterocycles. The van der Waals surface area contributed by atoms with Crippen LogP contribution in [0.15, 0.2) is 28.8 Å². The molecular weight excluding hydrogens is 401 g/mol. The summed E-state index contributed by atoms with van der Waals surface area (Å²) in [5.74, 6) is -0.706. The molecule has 1 N–H and O–H groups in total. The summed E-state index contributed by atoms with van der Waals surface area (Å²) in [5.41, 5.74) is 0.228. The minimum atomic E-state index is -4.49. The molecule has 1 aliphatic heterocycles. The Morgan fingerprint density at radius 1 is 1.27 bits per heavy atom. The number of carbonyl (C=O) groups excluding carboxylic acids is 2. The smallest absolute Gasteiger partial charge is 0.340 e. The molecule has 1 unspecified atom stereocenters. The van der Waals surface area contributed by atoms with E-state index in [1.165, 1.54) is 6.07 Å². The Kier molecular flexibility index (Phi) is 5.87. The summed E-state index contributed by atoms with van der Waals surface area (Å²) < 4.78 is 43.4. The number of likely N-dealkylation sites (tertiary alicyclic amines) is 1. The quantitative estimate of drug-likeness (QED) is 0.814. The van der Waals surface area contributed by atoms with Crippen molar-refractivity contribution in [3.05, 3.63) is 35.7 Å². The Labute approximate surface area is 171 Å². The Hall–Kier alpha value is -2.91. The summed E-state index contributed by atoms with van der Waals surface area (Å²) in [5, 5.41) is 6.51. The fourth-order valence-corrected chi connectivity index (χ4v) is 3.19. The van der Waals surface area contributed by atoms with Gasteiger partial charge in [-0.05, 0) is 25.0 Å². The molecule has 0 radical (unpaired) electrons. The molecule has 1 aliphatic rings. The molecule has 10 heteroatoms. The SMILES string of the molecule is CC(C)(C)c1noc(-c2ccccc2C(=O)NC2CCCN(CC(F)(F)F)C2=O)n1. The first-order valence-electron chi connectivity index (χ1n) is 9.56. The number of hydrogen-bond acceptors (Lipinski definition) is 5. The van der Waals surface area contributed by atoms with E-state index < -0.39 is 30.6 Å². The topological polar surface area (TPSA) is 88.3 Å². The molecule has 0 saturated carbocycles. The fourth-order valence-electron chi connectivity index (χ4n) is 3.19. The zero-order chi connectivity index (χ0) is 22.1. The fraction of sp³-hybridized carbons (Fsp3) is 0.500. The third-order valence-electron chi connectivity index (χ3n) is 4.71. The highest BCUT2D eigenvalue weighted by atomic mass is 19.4. The minimum absolute atomic E-state index is 0.0128. The van der Waals surface area contributed by atoms with E-state index in [1.807, 2.05) is 20.8 Å². The van der Waals surface area contributed by atoms with Crippen molar-refractivity contribution in [3.8, 4) is 11.5 Å². The van der Waals surface area contributed by atoms with Gasteiger partial charge in [-0.1, -0.05) is 38.1 Å². The number of halogens is 3. The van der Waals surface area contributed by atoms with E-state index >= 15 is 0 Å². The molecule has 7 nitrogen and oxygen atoms in total. The second kappa shape index (κ2) is 8.08. The van der Waals surface area contributed by atoms with Crippen LogP contribution in [0.1, 0.15) is 49.8 Å². The van der Waals surface area contributed by atoms with Crippen LogP contribution in [0.3, 0.4) is 0 Å². The van der Waals surface area contributed by atoms with Gasteiger partial charge in [0.25, 0.3) is 11.8 Å². The first kappa shape index (κ1) is 21.8. The van der Waals surface area contributed by atoms with Crippen LogP contribution in [0.5, 0.6) is 0 Å². The van der Waals surface area contributed by atoms with Gasteiger partial charge in [0.05, 0.1) is 11.1 Å². The predicted octanol–water partition coefficient (Wildman–Crippen LogP) is 3.32. The van der Waals surface area contributed by atoms with Gasteiger partial charge in [-0.2, -0.15) is 18.2 Å². The number of nitrogens with zero attached hydrogens (tertiary/aromatic N) is 3. The molecule has 0 spiro atoms. The van der Waals surface area contributed by atoms with Gasteiger partial charge in [0.15, 0.2) is 5.82 Å². The highest BCUT2D eigenvalue weighted by molar-refractivity contribution is 6.02. The Bertz CT molecular complexity index is 934. The summed E-state index contributed by atoms with van der Waals surface area (Å²) in [6.45, 7) is 4.44. The van der Waals surface area contributed by atoms with Crippen LogP contribution >= 0.6 is 0 Å². The molecular formula is C20H23F3N4O3. The van der Waals surface area contributed by atoms with Crippen molar-refractivity contribution in [1.29, 1.82) is 0 Å². The maximum atomic E-state index is 12.9. The number of amides is 2. The van der Waals surface area contributed by atoms with E-state index in [0.717, 1.165) is 4.90 Å². The highest BCUT2D eigenvalue weighted by Gasteiger charge is 2.38. The van der Waals surface area contributed by atoms with Crippen molar-refractivity contribution < 1.29 is 27.3 Å². The normalized spacial score (nSPS) is 17.9. The summed E-state index contributed by atoms with van der Waals surface area (Å²) in [4.78, 5) is 30.3. The van der Waals surface area contributed by atoms with Crippen LogP contribution in [0.25, 0.3) is 11.5 Å².